The van der Waals surface area contributed by atoms with Gasteiger partial charge in [0.25, 0.3) is 0 Å². The average Bonchev–Trinajstić information content (AvgIpc) is 2.47. The van der Waals surface area contributed by atoms with Gasteiger partial charge in [0.15, 0.2) is 0 Å². The third-order valence-electron chi connectivity index (χ3n) is 3.42. The molecule has 0 saturated heterocycles. The van der Waals surface area contributed by atoms with Crippen molar-refractivity contribution in [2.24, 2.45) is 18.9 Å². The Kier molecular flexibility index (Phi) is 2.59. The van der Waals surface area contributed by atoms with Gasteiger partial charge in [-0.25, -0.2) is 4.98 Å². The molecular formula is C11H18N2O. The number of rotatable bonds is 3. The van der Waals surface area contributed by atoms with Crippen LogP contribution in [0.3, 0.4) is 0 Å². The van der Waals surface area contributed by atoms with Gasteiger partial charge >= 0.3 is 0 Å². The Balaban J connectivity index is 2.03. The van der Waals surface area contributed by atoms with Crippen molar-refractivity contribution in [2.45, 2.75) is 32.3 Å². The third kappa shape index (κ3) is 1.69. The van der Waals surface area contributed by atoms with E-state index in [1.807, 2.05) is 17.8 Å². The lowest BCUT2D eigenvalue weighted by atomic mass is 9.74. The molecule has 1 fully saturated rings. The first kappa shape index (κ1) is 9.71. The van der Waals surface area contributed by atoms with Crippen LogP contribution >= 0.6 is 0 Å². The van der Waals surface area contributed by atoms with Gasteiger partial charge in [-0.2, -0.15) is 0 Å². The minimum atomic E-state index is -0.388. The van der Waals surface area contributed by atoms with E-state index in [0.717, 1.165) is 5.69 Å². The first-order valence-corrected chi connectivity index (χ1v) is 5.34. The van der Waals surface area contributed by atoms with Crippen LogP contribution < -0.4 is 0 Å². The Hall–Kier alpha value is -0.830. The van der Waals surface area contributed by atoms with Crippen molar-refractivity contribution in [3.63, 3.8) is 0 Å². The topological polar surface area (TPSA) is 38.0 Å². The van der Waals surface area contributed by atoms with Crippen molar-refractivity contribution in [3.8, 4) is 0 Å². The minimum absolute atomic E-state index is 0.346. The van der Waals surface area contributed by atoms with Gasteiger partial charge < -0.3 is 9.67 Å². The standard InChI is InChI=1S/C11H18N2O/c1-8(9-4-3-5-9)11(14)10-6-13(2)7-12-10/h6-9,11,14H,3-5H2,1-2H3. The lowest BCUT2D eigenvalue weighted by molar-refractivity contribution is 0.0507. The average molecular weight is 194 g/mol. The molecule has 2 atom stereocenters. The monoisotopic (exact) mass is 194 g/mol. The highest BCUT2D eigenvalue weighted by Gasteiger charge is 2.30. The molecule has 0 amide bonds. The van der Waals surface area contributed by atoms with Crippen molar-refractivity contribution in [3.05, 3.63) is 18.2 Å². The Morgan fingerprint density at radius 2 is 2.29 bits per heavy atom. The summed E-state index contributed by atoms with van der Waals surface area (Å²) in [7, 11) is 1.93. The molecule has 1 saturated carbocycles. The van der Waals surface area contributed by atoms with Gasteiger partial charge in [-0.05, 0) is 11.8 Å². The molecule has 1 aromatic heterocycles. The molecule has 1 heterocycles. The van der Waals surface area contributed by atoms with Crippen LogP contribution in [0.4, 0.5) is 0 Å². The lowest BCUT2D eigenvalue weighted by Gasteiger charge is -2.33. The predicted octanol–water partition coefficient (Wildman–Crippen LogP) is 1.89. The summed E-state index contributed by atoms with van der Waals surface area (Å²) >= 11 is 0. The van der Waals surface area contributed by atoms with Crippen LogP contribution in [0.15, 0.2) is 12.5 Å². The van der Waals surface area contributed by atoms with Crippen LogP contribution in [0.25, 0.3) is 0 Å². The molecule has 0 bridgehead atoms. The first-order valence-electron chi connectivity index (χ1n) is 5.34. The molecule has 3 nitrogen and oxygen atoms in total. The summed E-state index contributed by atoms with van der Waals surface area (Å²) in [5.41, 5.74) is 0.812. The summed E-state index contributed by atoms with van der Waals surface area (Å²) in [5.74, 6) is 1.05. The second kappa shape index (κ2) is 3.73. The summed E-state index contributed by atoms with van der Waals surface area (Å²) in [5, 5.41) is 10.1. The van der Waals surface area contributed by atoms with Gasteiger partial charge in [-0.15, -0.1) is 0 Å². The molecule has 14 heavy (non-hydrogen) atoms. The Morgan fingerprint density at radius 1 is 1.57 bits per heavy atom. The van der Waals surface area contributed by atoms with E-state index in [-0.39, 0.29) is 6.10 Å². The fourth-order valence-electron chi connectivity index (χ4n) is 2.08. The highest BCUT2D eigenvalue weighted by Crippen LogP contribution is 2.39. The van der Waals surface area contributed by atoms with Crippen LogP contribution in [0.2, 0.25) is 0 Å². The molecule has 0 aliphatic heterocycles. The van der Waals surface area contributed by atoms with E-state index in [4.69, 9.17) is 0 Å². The van der Waals surface area contributed by atoms with Crippen molar-refractivity contribution in [2.75, 3.05) is 0 Å². The van der Waals surface area contributed by atoms with Crippen LogP contribution in [-0.2, 0) is 7.05 Å². The van der Waals surface area contributed by atoms with Crippen molar-refractivity contribution >= 4 is 0 Å². The maximum atomic E-state index is 10.1. The predicted molar refractivity (Wildman–Crippen MR) is 54.7 cm³/mol. The van der Waals surface area contributed by atoms with Gasteiger partial charge in [0.05, 0.1) is 12.0 Å². The summed E-state index contributed by atoms with van der Waals surface area (Å²) in [6.45, 7) is 2.13. The Bertz CT molecular complexity index is 304. The summed E-state index contributed by atoms with van der Waals surface area (Å²) in [6, 6.07) is 0. The lowest BCUT2D eigenvalue weighted by Crippen LogP contribution is -2.25. The van der Waals surface area contributed by atoms with E-state index in [2.05, 4.69) is 11.9 Å². The van der Waals surface area contributed by atoms with Crippen molar-refractivity contribution in [1.82, 2.24) is 9.55 Å². The molecule has 1 aliphatic rings. The number of imidazole rings is 1. The number of aliphatic hydroxyl groups is 1. The molecule has 2 unspecified atom stereocenters. The maximum Gasteiger partial charge on any atom is 0.100 e. The first-order chi connectivity index (χ1) is 6.68. The fourth-order valence-corrected chi connectivity index (χ4v) is 2.08. The largest absolute Gasteiger partial charge is 0.386 e. The molecule has 2 rings (SSSR count). The van der Waals surface area contributed by atoms with Crippen LogP contribution in [0.1, 0.15) is 38.0 Å². The van der Waals surface area contributed by atoms with Crippen LogP contribution in [0.5, 0.6) is 0 Å². The molecule has 0 aromatic carbocycles. The number of aromatic nitrogens is 2. The van der Waals surface area contributed by atoms with Crippen molar-refractivity contribution < 1.29 is 5.11 Å². The fraction of sp³-hybridized carbons (Fsp3) is 0.727. The highest BCUT2D eigenvalue weighted by molar-refractivity contribution is 5.03. The zero-order valence-electron chi connectivity index (χ0n) is 8.85. The molecule has 78 valence electrons. The Morgan fingerprint density at radius 3 is 2.71 bits per heavy atom. The third-order valence-corrected chi connectivity index (χ3v) is 3.42. The SMILES string of the molecule is CC(C1CCC1)C(O)c1cn(C)cn1. The zero-order chi connectivity index (χ0) is 10.1. The molecule has 0 radical (unpaired) electrons. The molecule has 1 aromatic rings. The maximum absolute atomic E-state index is 10.1. The van der Waals surface area contributed by atoms with E-state index >= 15 is 0 Å². The number of nitrogens with zero attached hydrogens (tertiary/aromatic N) is 2. The van der Waals surface area contributed by atoms with Gasteiger partial charge in [-0.1, -0.05) is 26.2 Å². The van der Waals surface area contributed by atoms with E-state index in [1.165, 1.54) is 19.3 Å². The van der Waals surface area contributed by atoms with Gasteiger partial charge in [0.2, 0.25) is 0 Å². The molecule has 1 N–H and O–H groups in total. The summed E-state index contributed by atoms with van der Waals surface area (Å²) in [6.07, 6.45) is 7.12. The smallest absolute Gasteiger partial charge is 0.100 e. The quantitative estimate of drug-likeness (QED) is 0.798. The van der Waals surface area contributed by atoms with E-state index in [1.54, 1.807) is 6.33 Å². The normalized spacial score (nSPS) is 21.6. The van der Waals surface area contributed by atoms with Crippen LogP contribution in [-0.4, -0.2) is 14.7 Å². The van der Waals surface area contributed by atoms with Gasteiger partial charge in [0, 0.05) is 13.2 Å². The minimum Gasteiger partial charge on any atom is -0.386 e. The number of aryl methyl sites for hydroxylation is 1. The number of hydrogen-bond acceptors (Lipinski definition) is 2. The molecule has 1 aliphatic carbocycles. The van der Waals surface area contributed by atoms with Gasteiger partial charge in [0.1, 0.15) is 6.10 Å². The summed E-state index contributed by atoms with van der Waals surface area (Å²) in [4.78, 5) is 4.19. The van der Waals surface area contributed by atoms with E-state index < -0.39 is 0 Å². The number of hydrogen-bond donors (Lipinski definition) is 1. The number of aliphatic hydroxyl groups excluding tert-OH is 1. The molecule has 3 heteroatoms. The summed E-state index contributed by atoms with van der Waals surface area (Å²) < 4.78 is 1.88. The van der Waals surface area contributed by atoms with Gasteiger partial charge in [-0.3, -0.25) is 0 Å². The highest BCUT2D eigenvalue weighted by atomic mass is 16.3. The molecular weight excluding hydrogens is 176 g/mol. The van der Waals surface area contributed by atoms with Crippen molar-refractivity contribution in [1.29, 1.82) is 0 Å². The van der Waals surface area contributed by atoms with E-state index in [9.17, 15) is 5.11 Å². The zero-order valence-corrected chi connectivity index (χ0v) is 8.85. The second-order valence-electron chi connectivity index (χ2n) is 4.46. The van der Waals surface area contributed by atoms with Crippen LogP contribution in [0, 0.1) is 11.8 Å². The Labute approximate surface area is 84.8 Å². The molecule has 0 spiro atoms. The van der Waals surface area contributed by atoms with E-state index in [0.29, 0.717) is 11.8 Å². The second-order valence-corrected chi connectivity index (χ2v) is 4.46.